The topological polar surface area (TPSA) is 59.9 Å². The van der Waals surface area contributed by atoms with Crippen LogP contribution in [0.4, 0.5) is 0 Å². The summed E-state index contributed by atoms with van der Waals surface area (Å²) in [4.78, 5) is 12.2. The van der Waals surface area contributed by atoms with Gasteiger partial charge in [0, 0.05) is 5.02 Å². The van der Waals surface area contributed by atoms with Crippen LogP contribution in [0.2, 0.25) is 10.0 Å². The maximum absolute atomic E-state index is 12.2. The van der Waals surface area contributed by atoms with Gasteiger partial charge in [0.05, 0.1) is 24.8 Å². The first-order valence-corrected chi connectivity index (χ1v) is 10.7. The Kier molecular flexibility index (Phi) is 8.14. The van der Waals surface area contributed by atoms with E-state index in [1.807, 2.05) is 38.1 Å². The zero-order valence-corrected chi connectivity index (χ0v) is 19.6. The summed E-state index contributed by atoms with van der Waals surface area (Å²) in [5.74, 6) is 0.698. The molecular weight excluding hydrogens is 447 g/mol. The molecule has 0 saturated heterocycles. The second kappa shape index (κ2) is 11.0. The summed E-state index contributed by atoms with van der Waals surface area (Å²) in [6, 6.07) is 16.8. The van der Waals surface area contributed by atoms with Crippen molar-refractivity contribution in [3.8, 4) is 11.5 Å². The Bertz CT molecular complexity index is 1130. The van der Waals surface area contributed by atoms with Crippen molar-refractivity contribution in [1.82, 2.24) is 5.43 Å². The summed E-state index contributed by atoms with van der Waals surface area (Å²) >= 11 is 12.3. The van der Waals surface area contributed by atoms with E-state index in [4.69, 9.17) is 32.7 Å². The lowest BCUT2D eigenvalue weighted by Crippen LogP contribution is -2.20. The number of hydrogen-bond acceptors (Lipinski definition) is 4. The van der Waals surface area contributed by atoms with Gasteiger partial charge in [-0.15, -0.1) is 0 Å². The molecule has 0 spiro atoms. The molecule has 0 aliphatic heterocycles. The van der Waals surface area contributed by atoms with Gasteiger partial charge >= 0.3 is 0 Å². The van der Waals surface area contributed by atoms with E-state index in [1.54, 1.807) is 24.3 Å². The highest BCUT2D eigenvalue weighted by Gasteiger charge is 2.12. The van der Waals surface area contributed by atoms with Gasteiger partial charge in [0.2, 0.25) is 5.91 Å². The first-order chi connectivity index (χ1) is 15.4. The molecule has 0 saturated carbocycles. The summed E-state index contributed by atoms with van der Waals surface area (Å²) in [6.07, 6.45) is 1.77. The number of amides is 1. The van der Waals surface area contributed by atoms with Crippen LogP contribution in [0.3, 0.4) is 0 Å². The first kappa shape index (κ1) is 23.6. The quantitative estimate of drug-likeness (QED) is 0.329. The van der Waals surface area contributed by atoms with Crippen LogP contribution in [0.25, 0.3) is 0 Å². The van der Waals surface area contributed by atoms with Crippen LogP contribution >= 0.6 is 23.2 Å². The summed E-state index contributed by atoms with van der Waals surface area (Å²) in [6.45, 7) is 4.33. The summed E-state index contributed by atoms with van der Waals surface area (Å²) in [5, 5.41) is 5.08. The monoisotopic (exact) mass is 470 g/mol. The minimum Gasteiger partial charge on any atom is -0.493 e. The van der Waals surface area contributed by atoms with Crippen molar-refractivity contribution in [3.63, 3.8) is 0 Å². The molecule has 0 unspecified atom stereocenters. The fourth-order valence-electron chi connectivity index (χ4n) is 3.13. The number of carbonyl (C=O) groups is 1. The molecular formula is C25H24Cl2N2O3. The van der Waals surface area contributed by atoms with Crippen molar-refractivity contribution in [3.05, 3.63) is 92.5 Å². The fraction of sp³-hybridized carbons (Fsp3) is 0.200. The Morgan fingerprint density at radius 3 is 2.50 bits per heavy atom. The third-order valence-electron chi connectivity index (χ3n) is 4.80. The number of rotatable bonds is 8. The Morgan fingerprint density at radius 2 is 1.81 bits per heavy atom. The van der Waals surface area contributed by atoms with Gasteiger partial charge in [0.25, 0.3) is 0 Å². The van der Waals surface area contributed by atoms with E-state index in [1.165, 1.54) is 13.3 Å². The number of hydrogen-bond donors (Lipinski definition) is 1. The van der Waals surface area contributed by atoms with Crippen LogP contribution in [0.5, 0.6) is 11.5 Å². The predicted octanol–water partition coefficient (Wildman–Crippen LogP) is 5.89. The second-order valence-electron chi connectivity index (χ2n) is 7.35. The van der Waals surface area contributed by atoms with Gasteiger partial charge < -0.3 is 9.47 Å². The normalized spacial score (nSPS) is 10.9. The van der Waals surface area contributed by atoms with Crippen molar-refractivity contribution in [1.29, 1.82) is 0 Å². The SMILES string of the molecule is COc1cc(/C=N\NC(=O)Cc2ccc(C)cc2C)cc(Cl)c1OCc1ccc(Cl)cc1. The lowest BCUT2D eigenvalue weighted by atomic mass is 10.0. The number of methoxy groups -OCH3 is 1. The number of nitrogens with one attached hydrogen (secondary N) is 1. The lowest BCUT2D eigenvalue weighted by molar-refractivity contribution is -0.120. The molecule has 3 aromatic rings. The zero-order chi connectivity index (χ0) is 23.1. The van der Waals surface area contributed by atoms with Crippen molar-refractivity contribution in [2.24, 2.45) is 5.10 Å². The third kappa shape index (κ3) is 6.49. The van der Waals surface area contributed by atoms with Crippen LogP contribution in [-0.2, 0) is 17.8 Å². The number of hydrazone groups is 1. The van der Waals surface area contributed by atoms with Crippen molar-refractivity contribution in [2.75, 3.05) is 7.11 Å². The molecule has 7 heteroatoms. The van der Waals surface area contributed by atoms with Gasteiger partial charge in [-0.3, -0.25) is 4.79 Å². The maximum atomic E-state index is 12.2. The highest BCUT2D eigenvalue weighted by Crippen LogP contribution is 2.36. The number of benzene rings is 3. The molecule has 32 heavy (non-hydrogen) atoms. The highest BCUT2D eigenvalue weighted by molar-refractivity contribution is 6.32. The van der Waals surface area contributed by atoms with E-state index in [9.17, 15) is 4.79 Å². The molecule has 0 radical (unpaired) electrons. The van der Waals surface area contributed by atoms with Gasteiger partial charge in [-0.1, -0.05) is 59.1 Å². The molecule has 5 nitrogen and oxygen atoms in total. The van der Waals surface area contributed by atoms with Crippen molar-refractivity contribution >= 4 is 35.3 Å². The second-order valence-corrected chi connectivity index (χ2v) is 8.19. The largest absolute Gasteiger partial charge is 0.493 e. The molecule has 0 fully saturated rings. The Morgan fingerprint density at radius 1 is 1.06 bits per heavy atom. The standard InChI is InChI=1S/C25H24Cl2N2O3/c1-16-4-7-20(17(2)10-16)13-24(30)29-28-14-19-11-22(27)25(23(12-19)31-3)32-15-18-5-8-21(26)9-6-18/h4-12,14H,13,15H2,1-3H3,(H,29,30)/b28-14-. The third-order valence-corrected chi connectivity index (χ3v) is 5.33. The van der Waals surface area contributed by atoms with E-state index in [0.717, 1.165) is 22.3 Å². The summed E-state index contributed by atoms with van der Waals surface area (Å²) in [7, 11) is 1.54. The minimum atomic E-state index is -0.200. The van der Waals surface area contributed by atoms with Gasteiger partial charge in [-0.25, -0.2) is 5.43 Å². The summed E-state index contributed by atoms with van der Waals surface area (Å²) < 4.78 is 11.3. The molecule has 3 aromatic carbocycles. The Labute approximate surface area is 198 Å². The maximum Gasteiger partial charge on any atom is 0.244 e. The van der Waals surface area contributed by atoms with Crippen LogP contribution in [-0.4, -0.2) is 19.2 Å². The average molecular weight is 471 g/mol. The Balaban J connectivity index is 1.63. The highest BCUT2D eigenvalue weighted by atomic mass is 35.5. The van der Waals surface area contributed by atoms with E-state index in [-0.39, 0.29) is 12.3 Å². The number of carbonyl (C=O) groups excluding carboxylic acids is 1. The van der Waals surface area contributed by atoms with Crippen molar-refractivity contribution < 1.29 is 14.3 Å². The van der Waals surface area contributed by atoms with Crippen LogP contribution in [0, 0.1) is 13.8 Å². The smallest absolute Gasteiger partial charge is 0.244 e. The van der Waals surface area contributed by atoms with Crippen LogP contribution in [0.1, 0.15) is 27.8 Å². The number of nitrogens with zero attached hydrogens (tertiary/aromatic N) is 1. The molecule has 0 aliphatic carbocycles. The fourth-order valence-corrected chi connectivity index (χ4v) is 3.53. The van der Waals surface area contributed by atoms with E-state index >= 15 is 0 Å². The molecule has 0 bridgehead atoms. The molecule has 1 amide bonds. The minimum absolute atomic E-state index is 0.200. The molecule has 3 rings (SSSR count). The lowest BCUT2D eigenvalue weighted by Gasteiger charge is -2.13. The molecule has 0 atom stereocenters. The van der Waals surface area contributed by atoms with Crippen LogP contribution < -0.4 is 14.9 Å². The predicted molar refractivity (Wildman–Crippen MR) is 129 cm³/mol. The summed E-state index contributed by atoms with van der Waals surface area (Å²) in [5.41, 5.74) is 7.37. The average Bonchev–Trinajstić information content (AvgIpc) is 2.76. The molecule has 0 heterocycles. The van der Waals surface area contributed by atoms with Crippen LogP contribution in [0.15, 0.2) is 59.7 Å². The van der Waals surface area contributed by atoms with Gasteiger partial charge in [0.1, 0.15) is 6.61 Å². The Hall–Kier alpha value is -3.02. The molecule has 0 aromatic heterocycles. The van der Waals surface area contributed by atoms with E-state index in [0.29, 0.717) is 33.7 Å². The molecule has 0 aliphatic rings. The van der Waals surface area contributed by atoms with Crippen molar-refractivity contribution in [2.45, 2.75) is 26.9 Å². The van der Waals surface area contributed by atoms with E-state index in [2.05, 4.69) is 16.6 Å². The zero-order valence-electron chi connectivity index (χ0n) is 18.1. The van der Waals surface area contributed by atoms with Gasteiger partial charge in [0.15, 0.2) is 11.5 Å². The van der Waals surface area contributed by atoms with Gasteiger partial charge in [-0.2, -0.15) is 5.10 Å². The van der Waals surface area contributed by atoms with E-state index < -0.39 is 0 Å². The first-order valence-electron chi connectivity index (χ1n) is 9.98. The molecule has 1 N–H and O–H groups in total. The number of halogens is 2. The number of aryl methyl sites for hydroxylation is 2. The molecule has 166 valence electrons. The van der Waals surface area contributed by atoms with Gasteiger partial charge in [-0.05, 0) is 60.4 Å². The number of ether oxygens (including phenoxy) is 2.